The van der Waals surface area contributed by atoms with Crippen LogP contribution in [0.3, 0.4) is 0 Å². The van der Waals surface area contributed by atoms with E-state index in [0.717, 1.165) is 7.11 Å². The van der Waals surface area contributed by atoms with Crippen LogP contribution in [0.25, 0.3) is 0 Å². The van der Waals surface area contributed by atoms with Gasteiger partial charge in [0, 0.05) is 6.04 Å². The molecule has 0 aromatic carbocycles. The van der Waals surface area contributed by atoms with Crippen molar-refractivity contribution in [2.24, 2.45) is 5.92 Å². The lowest BCUT2D eigenvalue weighted by Crippen LogP contribution is -2.46. The highest BCUT2D eigenvalue weighted by molar-refractivity contribution is 7.88. The number of nitrogens with one attached hydrogen (secondary N) is 2. The van der Waals surface area contributed by atoms with Gasteiger partial charge in [0.15, 0.2) is 0 Å². The summed E-state index contributed by atoms with van der Waals surface area (Å²) in [6, 6.07) is -0.359. The van der Waals surface area contributed by atoms with E-state index in [-0.39, 0.29) is 6.04 Å². The molecule has 18 heavy (non-hydrogen) atoms. The predicted octanol–water partition coefficient (Wildman–Crippen LogP) is -0.180. The van der Waals surface area contributed by atoms with Crippen LogP contribution in [0.2, 0.25) is 0 Å². The van der Waals surface area contributed by atoms with Gasteiger partial charge in [-0.3, -0.25) is 4.79 Å². The second kappa shape index (κ2) is 6.01. The number of carbonyl (C=O) groups excluding carboxylic acids is 1. The average Bonchev–Trinajstić information content (AvgIpc) is 2.28. The molecular weight excluding hydrogens is 264 g/mol. The Morgan fingerprint density at radius 3 is 2.22 bits per heavy atom. The molecule has 0 aliphatic heterocycles. The van der Waals surface area contributed by atoms with Gasteiger partial charge in [-0.05, 0) is 25.7 Å². The van der Waals surface area contributed by atoms with E-state index < -0.39 is 28.2 Å². The Hall–Kier alpha value is -1.35. The van der Waals surface area contributed by atoms with Crippen molar-refractivity contribution in [1.29, 1.82) is 0 Å². The molecule has 0 spiro atoms. The quantitative estimate of drug-likeness (QED) is 0.656. The number of rotatable bonds is 4. The number of hydrogen-bond donors (Lipinski definition) is 3. The minimum atomic E-state index is -3.95. The Labute approximate surface area is 105 Å². The Bertz CT molecular complexity index is 413. The summed E-state index contributed by atoms with van der Waals surface area (Å²) in [5, 5.41) is 8.80. The van der Waals surface area contributed by atoms with Crippen LogP contribution in [-0.2, 0) is 19.7 Å². The van der Waals surface area contributed by atoms with Gasteiger partial charge < -0.3 is 9.84 Å². The summed E-state index contributed by atoms with van der Waals surface area (Å²) in [7, 11) is -2.89. The molecule has 1 rings (SSSR count). The normalized spacial score (nSPS) is 24.3. The number of methoxy groups -OCH3 is 1. The van der Waals surface area contributed by atoms with Crippen LogP contribution in [0.5, 0.6) is 0 Å². The number of hydrogen-bond acceptors (Lipinski definition) is 5. The maximum absolute atomic E-state index is 11.4. The predicted molar refractivity (Wildman–Crippen MR) is 61.0 cm³/mol. The third-order valence-corrected chi connectivity index (χ3v) is 3.88. The van der Waals surface area contributed by atoms with Crippen LogP contribution in [-0.4, -0.2) is 38.7 Å². The maximum Gasteiger partial charge on any atom is 0.421 e. The Balaban J connectivity index is 2.45. The van der Waals surface area contributed by atoms with Crippen LogP contribution in [0.4, 0.5) is 4.79 Å². The minimum absolute atomic E-state index is 0.359. The zero-order valence-corrected chi connectivity index (χ0v) is 10.7. The van der Waals surface area contributed by atoms with E-state index in [1.165, 1.54) is 0 Å². The van der Waals surface area contributed by atoms with Crippen molar-refractivity contribution in [3.63, 3.8) is 0 Å². The molecule has 104 valence electrons. The largest absolute Gasteiger partial charge is 0.481 e. The van der Waals surface area contributed by atoms with Gasteiger partial charge in [-0.2, -0.15) is 13.1 Å². The van der Waals surface area contributed by atoms with E-state index in [1.807, 2.05) is 0 Å². The molecule has 0 aromatic heterocycles. The molecule has 0 saturated heterocycles. The van der Waals surface area contributed by atoms with Gasteiger partial charge in [0.25, 0.3) is 0 Å². The van der Waals surface area contributed by atoms with Crippen molar-refractivity contribution in [3.8, 4) is 0 Å². The summed E-state index contributed by atoms with van der Waals surface area (Å²) in [5.41, 5.74) is 0. The summed E-state index contributed by atoms with van der Waals surface area (Å²) in [6.07, 6.45) is 0.626. The maximum atomic E-state index is 11.4. The molecule has 1 aliphatic carbocycles. The van der Waals surface area contributed by atoms with Crippen LogP contribution >= 0.6 is 0 Å². The van der Waals surface area contributed by atoms with E-state index in [4.69, 9.17) is 5.11 Å². The van der Waals surface area contributed by atoms with Crippen molar-refractivity contribution in [2.45, 2.75) is 31.7 Å². The third kappa shape index (κ3) is 4.49. The highest BCUT2D eigenvalue weighted by Crippen LogP contribution is 2.24. The molecule has 1 saturated carbocycles. The second-order valence-electron chi connectivity index (χ2n) is 4.10. The highest BCUT2D eigenvalue weighted by Gasteiger charge is 2.28. The molecule has 8 nitrogen and oxygen atoms in total. The Morgan fingerprint density at radius 1 is 1.22 bits per heavy atom. The minimum Gasteiger partial charge on any atom is -0.481 e. The van der Waals surface area contributed by atoms with Gasteiger partial charge in [-0.25, -0.2) is 9.52 Å². The Kier molecular flexibility index (Phi) is 4.91. The fourth-order valence-electron chi connectivity index (χ4n) is 1.86. The van der Waals surface area contributed by atoms with E-state index >= 15 is 0 Å². The van der Waals surface area contributed by atoms with Crippen molar-refractivity contribution < 1.29 is 27.9 Å². The topological polar surface area (TPSA) is 122 Å². The van der Waals surface area contributed by atoms with Crippen molar-refractivity contribution in [1.82, 2.24) is 9.44 Å². The van der Waals surface area contributed by atoms with Crippen molar-refractivity contribution >= 4 is 22.3 Å². The van der Waals surface area contributed by atoms with E-state index in [2.05, 4.69) is 9.46 Å². The third-order valence-electron chi connectivity index (χ3n) is 2.80. The lowest BCUT2D eigenvalue weighted by molar-refractivity contribution is -0.142. The molecule has 0 radical (unpaired) electrons. The lowest BCUT2D eigenvalue weighted by atomic mass is 9.87. The molecular formula is C9H16N2O6S. The van der Waals surface area contributed by atoms with Crippen LogP contribution in [0.1, 0.15) is 25.7 Å². The van der Waals surface area contributed by atoms with Crippen LogP contribution in [0, 0.1) is 5.92 Å². The fraction of sp³-hybridized carbons (Fsp3) is 0.778. The molecule has 9 heteroatoms. The summed E-state index contributed by atoms with van der Waals surface area (Å²) in [4.78, 5) is 21.5. The SMILES string of the molecule is COC(=O)NS(=O)(=O)NC1CCC(C(=O)O)CC1. The van der Waals surface area contributed by atoms with Gasteiger partial charge in [-0.1, -0.05) is 0 Å². The summed E-state index contributed by atoms with van der Waals surface area (Å²) in [5.74, 6) is -1.27. The summed E-state index contributed by atoms with van der Waals surface area (Å²) >= 11 is 0. The van der Waals surface area contributed by atoms with E-state index in [1.54, 1.807) is 4.72 Å². The van der Waals surface area contributed by atoms with Gasteiger partial charge in [0.05, 0.1) is 13.0 Å². The molecule has 0 heterocycles. The zero-order valence-electron chi connectivity index (χ0n) is 9.88. The number of ether oxygens (including phenoxy) is 1. The van der Waals surface area contributed by atoms with Gasteiger partial charge >= 0.3 is 22.3 Å². The number of carboxylic acid groups (broad SMARTS) is 1. The average molecular weight is 280 g/mol. The van der Waals surface area contributed by atoms with Crippen LogP contribution < -0.4 is 9.44 Å². The standard InChI is InChI=1S/C9H16N2O6S/c1-17-9(14)11-18(15,16)10-7-4-2-6(3-5-7)8(12)13/h6-7,10H,2-5H2,1H3,(H,11,14)(H,12,13). The molecule has 0 bridgehead atoms. The fourth-order valence-corrected chi connectivity index (χ4v) is 2.89. The molecule has 0 aromatic rings. The van der Waals surface area contributed by atoms with Crippen molar-refractivity contribution in [3.05, 3.63) is 0 Å². The van der Waals surface area contributed by atoms with Gasteiger partial charge in [-0.15, -0.1) is 0 Å². The summed E-state index contributed by atoms with van der Waals surface area (Å²) < 4.78 is 31.0. The molecule has 0 unspecified atom stereocenters. The first-order valence-corrected chi connectivity index (χ1v) is 6.93. The number of carbonyl (C=O) groups is 2. The van der Waals surface area contributed by atoms with Gasteiger partial charge in [0.1, 0.15) is 0 Å². The number of carboxylic acids is 1. The number of amides is 1. The lowest BCUT2D eigenvalue weighted by Gasteiger charge is -2.26. The second-order valence-corrected chi connectivity index (χ2v) is 5.55. The van der Waals surface area contributed by atoms with Crippen molar-refractivity contribution in [2.75, 3.05) is 7.11 Å². The molecule has 1 amide bonds. The first-order valence-electron chi connectivity index (χ1n) is 5.45. The summed E-state index contributed by atoms with van der Waals surface area (Å²) in [6.45, 7) is 0. The molecule has 0 atom stereocenters. The van der Waals surface area contributed by atoms with E-state index in [9.17, 15) is 18.0 Å². The van der Waals surface area contributed by atoms with Gasteiger partial charge in [0.2, 0.25) is 0 Å². The molecule has 1 fully saturated rings. The monoisotopic (exact) mass is 280 g/mol. The Morgan fingerprint density at radius 2 is 1.78 bits per heavy atom. The van der Waals surface area contributed by atoms with E-state index in [0.29, 0.717) is 25.7 Å². The first kappa shape index (κ1) is 14.7. The molecule has 1 aliphatic rings. The smallest absolute Gasteiger partial charge is 0.421 e. The zero-order chi connectivity index (χ0) is 13.8. The van der Waals surface area contributed by atoms with Crippen LogP contribution in [0.15, 0.2) is 0 Å². The molecule has 3 N–H and O–H groups in total. The highest BCUT2D eigenvalue weighted by atomic mass is 32.2. The first-order chi connectivity index (χ1) is 8.34. The number of aliphatic carboxylic acids is 1.